The van der Waals surface area contributed by atoms with Crippen molar-refractivity contribution in [3.63, 3.8) is 0 Å². The maximum Gasteiger partial charge on any atom is 0.316 e. The average molecular weight is 269 g/mol. The van der Waals surface area contributed by atoms with Crippen molar-refractivity contribution >= 4 is 16.7 Å². The van der Waals surface area contributed by atoms with Gasteiger partial charge in [-0.2, -0.15) is 0 Å². The molecule has 0 spiro atoms. The Kier molecular flexibility index (Phi) is 3.28. The van der Waals surface area contributed by atoms with Crippen LogP contribution in [-0.2, 0) is 0 Å². The number of benzene rings is 1. The Morgan fingerprint density at radius 3 is 2.95 bits per heavy atom. The van der Waals surface area contributed by atoms with Crippen LogP contribution in [0.3, 0.4) is 0 Å². The lowest BCUT2D eigenvalue weighted by atomic mass is 10.0. The number of carbonyl (C=O) groups excluding carboxylic acids is 1. The fraction of sp³-hybridized carbons (Fsp3) is 0.333. The summed E-state index contributed by atoms with van der Waals surface area (Å²) in [5.41, 5.74) is 2.25. The normalized spacial score (nSPS) is 18.4. The number of hydrogen-bond acceptors (Lipinski definition) is 4. The zero-order valence-electron chi connectivity index (χ0n) is 11.2. The molecule has 0 aliphatic carbocycles. The van der Waals surface area contributed by atoms with E-state index in [1.807, 2.05) is 19.1 Å². The number of aromatic nitrogens is 1. The van der Waals surface area contributed by atoms with Crippen molar-refractivity contribution in [3.8, 4) is 0 Å². The zero-order chi connectivity index (χ0) is 14.1. The molecule has 1 fully saturated rings. The molecule has 1 aromatic carbocycles. The molecule has 1 aromatic heterocycles. The molecule has 0 radical (unpaired) electrons. The van der Waals surface area contributed by atoms with E-state index in [0.29, 0.717) is 5.56 Å². The van der Waals surface area contributed by atoms with Crippen LogP contribution in [0.1, 0.15) is 40.6 Å². The molecule has 1 aliphatic rings. The van der Waals surface area contributed by atoms with Crippen LogP contribution in [0.4, 0.5) is 0 Å². The van der Waals surface area contributed by atoms with Gasteiger partial charge in [0.1, 0.15) is 0 Å². The summed E-state index contributed by atoms with van der Waals surface area (Å²) in [7, 11) is 0. The molecule has 3 rings (SSSR count). The SMILES string of the molecule is Cc1nc(C2CCCN2)cc2cc(C(=O)N=O)ccc12. The first-order valence-corrected chi connectivity index (χ1v) is 6.71. The van der Waals surface area contributed by atoms with Crippen LogP contribution in [0.15, 0.2) is 29.4 Å². The van der Waals surface area contributed by atoms with Gasteiger partial charge in [0.2, 0.25) is 0 Å². The molecule has 1 atom stereocenters. The van der Waals surface area contributed by atoms with Gasteiger partial charge >= 0.3 is 5.91 Å². The molecule has 20 heavy (non-hydrogen) atoms. The van der Waals surface area contributed by atoms with E-state index in [-0.39, 0.29) is 6.04 Å². The molecular formula is C15H15N3O2. The van der Waals surface area contributed by atoms with E-state index >= 15 is 0 Å². The second-order valence-corrected chi connectivity index (χ2v) is 5.11. The summed E-state index contributed by atoms with van der Waals surface area (Å²) in [5.74, 6) is -0.734. The number of fused-ring (bicyclic) bond motifs is 1. The van der Waals surface area contributed by atoms with E-state index in [9.17, 15) is 9.70 Å². The van der Waals surface area contributed by atoms with Gasteiger partial charge in [0.15, 0.2) is 0 Å². The molecule has 5 nitrogen and oxygen atoms in total. The highest BCUT2D eigenvalue weighted by Crippen LogP contribution is 2.27. The molecule has 1 aliphatic heterocycles. The van der Waals surface area contributed by atoms with Crippen molar-refractivity contribution in [1.29, 1.82) is 0 Å². The molecule has 0 saturated carbocycles. The highest BCUT2D eigenvalue weighted by atomic mass is 16.3. The molecule has 2 heterocycles. The molecule has 5 heteroatoms. The Bertz CT molecular complexity index is 691. The van der Waals surface area contributed by atoms with Gasteiger partial charge in [0.05, 0.1) is 5.69 Å². The Morgan fingerprint density at radius 2 is 2.25 bits per heavy atom. The number of hydrogen-bond donors (Lipinski definition) is 1. The van der Waals surface area contributed by atoms with E-state index in [4.69, 9.17) is 0 Å². The summed E-state index contributed by atoms with van der Waals surface area (Å²) in [5, 5.41) is 7.81. The van der Waals surface area contributed by atoms with Gasteiger partial charge in [-0.25, -0.2) is 0 Å². The summed E-state index contributed by atoms with van der Waals surface area (Å²) >= 11 is 0. The Hall–Kier alpha value is -2.14. The first-order valence-electron chi connectivity index (χ1n) is 6.71. The van der Waals surface area contributed by atoms with Gasteiger partial charge in [-0.3, -0.25) is 9.78 Å². The molecule has 1 amide bonds. The molecule has 0 bridgehead atoms. The van der Waals surface area contributed by atoms with Gasteiger partial charge in [0, 0.05) is 27.9 Å². The van der Waals surface area contributed by atoms with Crippen molar-refractivity contribution in [2.24, 2.45) is 5.18 Å². The largest absolute Gasteiger partial charge is 0.316 e. The minimum Gasteiger partial charge on any atom is -0.309 e. The Morgan fingerprint density at radius 1 is 1.40 bits per heavy atom. The fourth-order valence-corrected chi connectivity index (χ4v) is 2.76. The van der Waals surface area contributed by atoms with Crippen LogP contribution in [0.25, 0.3) is 10.8 Å². The van der Waals surface area contributed by atoms with Gasteiger partial charge in [0.25, 0.3) is 0 Å². The van der Waals surface area contributed by atoms with E-state index in [2.05, 4.69) is 15.5 Å². The van der Waals surface area contributed by atoms with Gasteiger partial charge in [-0.15, -0.1) is 4.91 Å². The van der Waals surface area contributed by atoms with Crippen molar-refractivity contribution in [2.45, 2.75) is 25.8 Å². The first kappa shape index (κ1) is 12.9. The Balaban J connectivity index is 2.11. The summed E-state index contributed by atoms with van der Waals surface area (Å²) < 4.78 is 0. The number of amides is 1. The van der Waals surface area contributed by atoms with E-state index in [1.165, 1.54) is 0 Å². The quantitative estimate of drug-likeness (QED) is 0.851. The zero-order valence-corrected chi connectivity index (χ0v) is 11.2. The molecule has 1 N–H and O–H groups in total. The lowest BCUT2D eigenvalue weighted by Crippen LogP contribution is -2.14. The predicted octanol–water partition coefficient (Wildman–Crippen LogP) is 2.87. The first-order chi connectivity index (χ1) is 9.69. The van der Waals surface area contributed by atoms with Gasteiger partial charge in [-0.1, -0.05) is 6.07 Å². The number of aryl methyl sites for hydroxylation is 1. The van der Waals surface area contributed by atoms with Crippen LogP contribution < -0.4 is 5.32 Å². The van der Waals surface area contributed by atoms with E-state index < -0.39 is 5.91 Å². The number of nitrogens with one attached hydrogen (secondary N) is 1. The second-order valence-electron chi connectivity index (χ2n) is 5.11. The summed E-state index contributed by atoms with van der Waals surface area (Å²) in [4.78, 5) is 26.4. The van der Waals surface area contributed by atoms with Crippen molar-refractivity contribution in [3.05, 3.63) is 46.1 Å². The van der Waals surface area contributed by atoms with Crippen LogP contribution in [0.2, 0.25) is 0 Å². The lowest BCUT2D eigenvalue weighted by Gasteiger charge is -2.12. The maximum atomic E-state index is 11.4. The molecule has 1 saturated heterocycles. The van der Waals surface area contributed by atoms with Crippen LogP contribution in [-0.4, -0.2) is 17.4 Å². The van der Waals surface area contributed by atoms with Crippen LogP contribution in [0.5, 0.6) is 0 Å². The van der Waals surface area contributed by atoms with Crippen molar-refractivity contribution < 1.29 is 4.79 Å². The highest BCUT2D eigenvalue weighted by molar-refractivity contribution is 5.99. The Labute approximate surface area is 116 Å². The van der Waals surface area contributed by atoms with Crippen LogP contribution >= 0.6 is 0 Å². The molecule has 2 aromatic rings. The average Bonchev–Trinajstić information content (AvgIpc) is 3.00. The third kappa shape index (κ3) is 2.20. The molecule has 102 valence electrons. The van der Waals surface area contributed by atoms with Crippen molar-refractivity contribution in [1.82, 2.24) is 10.3 Å². The molecular weight excluding hydrogens is 254 g/mol. The fourth-order valence-electron chi connectivity index (χ4n) is 2.76. The van der Waals surface area contributed by atoms with Crippen molar-refractivity contribution in [2.75, 3.05) is 6.54 Å². The third-order valence-corrected chi connectivity index (χ3v) is 3.79. The minimum atomic E-state index is -0.734. The number of nitrogens with zero attached hydrogens (tertiary/aromatic N) is 2. The van der Waals surface area contributed by atoms with Gasteiger partial charge in [-0.05, 0) is 49.9 Å². The topological polar surface area (TPSA) is 71.4 Å². The summed E-state index contributed by atoms with van der Waals surface area (Å²) in [6.45, 7) is 2.97. The number of pyridine rings is 1. The number of nitroso groups, excluding NO2 is 1. The summed E-state index contributed by atoms with van der Waals surface area (Å²) in [6.07, 6.45) is 2.23. The molecule has 1 unspecified atom stereocenters. The van der Waals surface area contributed by atoms with E-state index in [0.717, 1.165) is 41.5 Å². The highest BCUT2D eigenvalue weighted by Gasteiger charge is 2.18. The standard InChI is InChI=1S/C15H15N3O2/c1-9-12-5-4-10(15(19)18-20)7-11(12)8-14(17-9)13-3-2-6-16-13/h4-5,7-8,13,16H,2-3,6H2,1H3. The van der Waals surface area contributed by atoms with Crippen LogP contribution in [0, 0.1) is 11.8 Å². The number of carbonyl (C=O) groups is 1. The predicted molar refractivity (Wildman–Crippen MR) is 76.6 cm³/mol. The number of rotatable bonds is 2. The second kappa shape index (κ2) is 5.09. The minimum absolute atomic E-state index is 0.279. The van der Waals surface area contributed by atoms with E-state index in [1.54, 1.807) is 12.1 Å². The monoisotopic (exact) mass is 269 g/mol. The van der Waals surface area contributed by atoms with Gasteiger partial charge < -0.3 is 5.32 Å². The lowest BCUT2D eigenvalue weighted by molar-refractivity contribution is 0.100. The smallest absolute Gasteiger partial charge is 0.309 e. The summed E-state index contributed by atoms with van der Waals surface area (Å²) in [6, 6.07) is 7.43. The third-order valence-electron chi connectivity index (χ3n) is 3.79. The maximum absolute atomic E-state index is 11.4.